The van der Waals surface area contributed by atoms with E-state index in [1.165, 1.54) is 23.1 Å². The number of hydrogen-bond acceptors (Lipinski definition) is 8. The smallest absolute Gasteiger partial charge is 0.278 e. The van der Waals surface area contributed by atoms with Crippen molar-refractivity contribution in [3.63, 3.8) is 0 Å². The molecule has 0 saturated carbocycles. The number of benzene rings is 2. The van der Waals surface area contributed by atoms with Gasteiger partial charge in [-0.3, -0.25) is 18.7 Å². The van der Waals surface area contributed by atoms with Gasteiger partial charge in [-0.15, -0.1) is 0 Å². The lowest BCUT2D eigenvalue weighted by molar-refractivity contribution is -0.127. The number of fused-ring (bicyclic) bond motifs is 1. The van der Waals surface area contributed by atoms with Crippen LogP contribution in [0.2, 0.25) is 0 Å². The third-order valence-corrected chi connectivity index (χ3v) is 8.28. The van der Waals surface area contributed by atoms with Crippen LogP contribution >= 0.6 is 35.3 Å². The van der Waals surface area contributed by atoms with Gasteiger partial charge in [-0.25, -0.2) is 4.98 Å². The molecule has 0 unspecified atom stereocenters. The molecule has 0 N–H and O–H groups in total. The van der Waals surface area contributed by atoms with Crippen molar-refractivity contribution in [3.8, 4) is 22.9 Å². The van der Waals surface area contributed by atoms with E-state index in [0.717, 1.165) is 5.56 Å². The van der Waals surface area contributed by atoms with Crippen LogP contribution in [0.5, 0.6) is 11.5 Å². The maximum Gasteiger partial charge on any atom is 0.278 e. The molecule has 0 atom stereocenters. The number of thiazole rings is 1. The Hall–Kier alpha value is -3.15. The summed E-state index contributed by atoms with van der Waals surface area (Å²) < 4.78 is 15.2. The largest absolute Gasteiger partial charge is 0.497 e. The number of hydrogen-bond donors (Lipinski definition) is 0. The zero-order valence-electron chi connectivity index (χ0n) is 21.3. The second-order valence-corrected chi connectivity index (χ2v) is 10.7. The predicted molar refractivity (Wildman–Crippen MR) is 152 cm³/mol. The van der Waals surface area contributed by atoms with Crippen LogP contribution in [0.25, 0.3) is 21.7 Å². The molecule has 2 aromatic carbocycles. The van der Waals surface area contributed by atoms with Gasteiger partial charge in [0, 0.05) is 19.2 Å². The first-order chi connectivity index (χ1) is 17.8. The first kappa shape index (κ1) is 26.9. The Balaban J connectivity index is 1.98. The Bertz CT molecular complexity index is 1570. The Morgan fingerprint density at radius 1 is 1.08 bits per heavy atom. The minimum absolute atomic E-state index is 0.0164. The molecule has 8 nitrogen and oxygen atoms in total. The van der Waals surface area contributed by atoms with E-state index in [-0.39, 0.29) is 17.2 Å². The summed E-state index contributed by atoms with van der Waals surface area (Å²) in [7, 11) is 3.15. The van der Waals surface area contributed by atoms with Gasteiger partial charge in [-0.1, -0.05) is 41.3 Å². The van der Waals surface area contributed by atoms with Gasteiger partial charge < -0.3 is 14.4 Å². The molecule has 37 heavy (non-hydrogen) atoms. The summed E-state index contributed by atoms with van der Waals surface area (Å²) in [6.07, 6.45) is 0. The highest BCUT2D eigenvalue weighted by Crippen LogP contribution is 2.33. The van der Waals surface area contributed by atoms with Crippen molar-refractivity contribution < 1.29 is 14.3 Å². The molecule has 2 heterocycles. The highest BCUT2D eigenvalue weighted by molar-refractivity contribution is 7.99. The van der Waals surface area contributed by atoms with Crippen LogP contribution in [-0.2, 0) is 4.79 Å². The number of methoxy groups -OCH3 is 2. The topological polar surface area (TPSA) is 78.6 Å². The maximum absolute atomic E-state index is 14.0. The van der Waals surface area contributed by atoms with Crippen LogP contribution in [0.4, 0.5) is 0 Å². The number of rotatable bonds is 9. The summed E-state index contributed by atoms with van der Waals surface area (Å²) in [5.41, 5.74) is 2.42. The van der Waals surface area contributed by atoms with Gasteiger partial charge >= 0.3 is 0 Å². The van der Waals surface area contributed by atoms with E-state index >= 15 is 0 Å². The van der Waals surface area contributed by atoms with Gasteiger partial charge in [0.05, 0.1) is 31.3 Å². The van der Waals surface area contributed by atoms with Crippen molar-refractivity contribution in [3.05, 3.63) is 62.3 Å². The molecule has 194 valence electrons. The molecular weight excluding hydrogens is 529 g/mol. The summed E-state index contributed by atoms with van der Waals surface area (Å²) in [5.74, 6) is 1.31. The molecular formula is C26H28N4O4S3. The normalized spacial score (nSPS) is 11.1. The van der Waals surface area contributed by atoms with Crippen molar-refractivity contribution in [2.75, 3.05) is 33.1 Å². The number of carbonyl (C=O) groups excluding carboxylic acids is 1. The lowest BCUT2D eigenvalue weighted by Crippen LogP contribution is -2.32. The fraction of sp³-hybridized carbons (Fsp3) is 0.308. The van der Waals surface area contributed by atoms with Crippen LogP contribution in [0.1, 0.15) is 19.4 Å². The standard InChI is InChI=1S/C26H28N4O4S3/c1-6-28(7-2)21(31)15-36-25-27-23-22(24(32)30(25)18-11-9-8-10-16(18)3)37-26(35)29(23)19-14-17(33-4)12-13-20(19)34-5/h8-14H,6-7,15H2,1-5H3. The van der Waals surface area contributed by atoms with Crippen LogP contribution in [0, 0.1) is 10.9 Å². The molecule has 0 bridgehead atoms. The van der Waals surface area contributed by atoms with E-state index in [2.05, 4.69) is 0 Å². The van der Waals surface area contributed by atoms with Gasteiger partial charge in [-0.2, -0.15) is 0 Å². The fourth-order valence-electron chi connectivity index (χ4n) is 4.04. The number of aryl methyl sites for hydroxylation is 1. The molecule has 0 saturated heterocycles. The molecule has 0 aliphatic carbocycles. The second kappa shape index (κ2) is 11.5. The third kappa shape index (κ3) is 5.16. The molecule has 0 spiro atoms. The molecule has 4 rings (SSSR count). The third-order valence-electron chi connectivity index (χ3n) is 6.00. The molecule has 1 amide bonds. The van der Waals surface area contributed by atoms with Crippen LogP contribution in [-0.4, -0.2) is 58.0 Å². The monoisotopic (exact) mass is 556 g/mol. The number of ether oxygens (including phenoxy) is 2. The summed E-state index contributed by atoms with van der Waals surface area (Å²) in [5, 5.41) is 0.413. The first-order valence-corrected chi connectivity index (χ1v) is 13.9. The van der Waals surface area contributed by atoms with Gasteiger partial charge in [0.25, 0.3) is 5.56 Å². The molecule has 4 aromatic rings. The zero-order chi connectivity index (χ0) is 26.7. The van der Waals surface area contributed by atoms with Crippen molar-refractivity contribution in [2.45, 2.75) is 25.9 Å². The van der Waals surface area contributed by atoms with Crippen LogP contribution in [0.15, 0.2) is 52.4 Å². The summed E-state index contributed by atoms with van der Waals surface area (Å²) >= 11 is 8.15. The van der Waals surface area contributed by atoms with Crippen molar-refractivity contribution in [2.24, 2.45) is 0 Å². The van der Waals surface area contributed by atoms with Gasteiger partial charge in [-0.05, 0) is 56.8 Å². The number of thioether (sulfide) groups is 1. The Kier molecular flexibility index (Phi) is 8.35. The van der Waals surface area contributed by atoms with Gasteiger partial charge in [0.2, 0.25) is 5.91 Å². The number of amides is 1. The zero-order valence-corrected chi connectivity index (χ0v) is 23.8. The Morgan fingerprint density at radius 2 is 1.81 bits per heavy atom. The number of para-hydroxylation sites is 1. The van der Waals surface area contributed by atoms with Crippen molar-refractivity contribution >= 4 is 51.6 Å². The number of nitrogens with zero attached hydrogens (tertiary/aromatic N) is 4. The lowest BCUT2D eigenvalue weighted by atomic mass is 10.2. The van der Waals surface area contributed by atoms with Gasteiger partial charge in [0.1, 0.15) is 16.2 Å². The molecule has 0 aliphatic heterocycles. The van der Waals surface area contributed by atoms with E-state index in [9.17, 15) is 9.59 Å². The highest BCUT2D eigenvalue weighted by atomic mass is 32.2. The second-order valence-electron chi connectivity index (χ2n) is 8.07. The Labute approximate surface area is 228 Å². The van der Waals surface area contributed by atoms with Crippen LogP contribution in [0.3, 0.4) is 0 Å². The van der Waals surface area contributed by atoms with E-state index in [4.69, 9.17) is 26.7 Å². The number of aromatic nitrogens is 3. The fourth-order valence-corrected chi connectivity index (χ4v) is 6.23. The minimum Gasteiger partial charge on any atom is -0.497 e. The van der Waals surface area contributed by atoms with E-state index < -0.39 is 0 Å². The van der Waals surface area contributed by atoms with E-state index in [1.807, 2.05) is 45.0 Å². The van der Waals surface area contributed by atoms with E-state index in [1.54, 1.807) is 46.5 Å². The molecule has 2 aromatic heterocycles. The SMILES string of the molecule is CCN(CC)C(=O)CSc1nc2c(sc(=S)n2-c2cc(OC)ccc2OC)c(=O)n1-c1ccccc1C. The summed E-state index contributed by atoms with van der Waals surface area (Å²) in [6.45, 7) is 7.07. The minimum atomic E-state index is -0.242. The lowest BCUT2D eigenvalue weighted by Gasteiger charge is -2.19. The maximum atomic E-state index is 14.0. The molecule has 0 radical (unpaired) electrons. The van der Waals surface area contributed by atoms with Crippen LogP contribution < -0.4 is 15.0 Å². The molecule has 0 aliphatic rings. The first-order valence-electron chi connectivity index (χ1n) is 11.7. The predicted octanol–water partition coefficient (Wildman–Crippen LogP) is 5.25. The average Bonchev–Trinajstić information content (AvgIpc) is 3.24. The Morgan fingerprint density at radius 3 is 2.46 bits per heavy atom. The van der Waals surface area contributed by atoms with Crippen molar-refractivity contribution in [1.29, 1.82) is 0 Å². The average molecular weight is 557 g/mol. The van der Waals surface area contributed by atoms with Gasteiger partial charge in [0.15, 0.2) is 14.8 Å². The van der Waals surface area contributed by atoms with Crippen molar-refractivity contribution in [1.82, 2.24) is 19.0 Å². The highest BCUT2D eigenvalue weighted by Gasteiger charge is 2.22. The number of carbonyl (C=O) groups is 1. The molecule has 0 fully saturated rings. The molecule has 11 heteroatoms. The van der Waals surface area contributed by atoms with E-state index in [0.29, 0.717) is 55.4 Å². The summed E-state index contributed by atoms with van der Waals surface area (Å²) in [4.78, 5) is 33.5. The quantitative estimate of drug-likeness (QED) is 0.158. The summed E-state index contributed by atoms with van der Waals surface area (Å²) in [6, 6.07) is 13.0.